The van der Waals surface area contributed by atoms with Crippen molar-refractivity contribution in [3.8, 4) is 11.5 Å². The number of rotatable bonds is 5. The van der Waals surface area contributed by atoms with Crippen LogP contribution in [0.1, 0.15) is 44.2 Å². The second-order valence-corrected chi connectivity index (χ2v) is 5.76. The zero-order chi connectivity index (χ0) is 14.5. The molecular weight excluding hydrogens is 252 g/mol. The number of benzene rings is 1. The Morgan fingerprint density at radius 3 is 2.65 bits per heavy atom. The minimum Gasteiger partial charge on any atom is -0.493 e. The molecule has 0 aromatic heterocycles. The average Bonchev–Trinajstić information content (AvgIpc) is 2.47. The van der Waals surface area contributed by atoms with E-state index in [1.807, 2.05) is 12.1 Å². The van der Waals surface area contributed by atoms with Crippen molar-refractivity contribution >= 4 is 0 Å². The summed E-state index contributed by atoms with van der Waals surface area (Å²) in [6.45, 7) is 2.32. The van der Waals surface area contributed by atoms with Crippen LogP contribution < -0.4 is 20.7 Å². The van der Waals surface area contributed by atoms with Gasteiger partial charge >= 0.3 is 0 Å². The summed E-state index contributed by atoms with van der Waals surface area (Å²) < 4.78 is 10.9. The van der Waals surface area contributed by atoms with Crippen LogP contribution in [0.5, 0.6) is 11.5 Å². The normalized spacial score (nSPS) is 24.2. The van der Waals surface area contributed by atoms with E-state index in [0.29, 0.717) is 5.92 Å². The monoisotopic (exact) mass is 278 g/mol. The van der Waals surface area contributed by atoms with Crippen molar-refractivity contribution in [3.63, 3.8) is 0 Å². The van der Waals surface area contributed by atoms with Gasteiger partial charge < -0.3 is 9.47 Å². The van der Waals surface area contributed by atoms with E-state index >= 15 is 0 Å². The summed E-state index contributed by atoms with van der Waals surface area (Å²) in [5.41, 5.74) is 4.09. The first kappa shape index (κ1) is 15.1. The quantitative estimate of drug-likeness (QED) is 0.642. The van der Waals surface area contributed by atoms with Crippen molar-refractivity contribution in [2.45, 2.75) is 38.6 Å². The molecule has 0 heterocycles. The van der Waals surface area contributed by atoms with Gasteiger partial charge in [0.1, 0.15) is 0 Å². The Morgan fingerprint density at radius 1 is 1.25 bits per heavy atom. The maximum atomic E-state index is 5.85. The van der Waals surface area contributed by atoms with E-state index in [9.17, 15) is 0 Å². The Morgan fingerprint density at radius 2 is 2.05 bits per heavy atom. The van der Waals surface area contributed by atoms with Gasteiger partial charge in [-0.25, -0.2) is 0 Å². The molecule has 0 amide bonds. The average molecular weight is 278 g/mol. The molecule has 4 heteroatoms. The lowest BCUT2D eigenvalue weighted by atomic mass is 9.76. The molecule has 1 aliphatic carbocycles. The molecule has 0 spiro atoms. The van der Waals surface area contributed by atoms with E-state index in [-0.39, 0.29) is 6.04 Å². The standard InChI is InChI=1S/C16H26N2O2/c1-11-6-4-7-12(10-11)15(18-17)13-8-5-9-14(19-2)16(13)20-3/h5,8-9,11-12,15,18H,4,6-7,10,17H2,1-3H3. The van der Waals surface area contributed by atoms with Gasteiger partial charge in [-0.2, -0.15) is 0 Å². The molecule has 2 rings (SSSR count). The predicted octanol–water partition coefficient (Wildman–Crippen LogP) is 3.03. The van der Waals surface area contributed by atoms with E-state index in [1.54, 1.807) is 14.2 Å². The Hall–Kier alpha value is -1.26. The van der Waals surface area contributed by atoms with Crippen LogP contribution in [0.2, 0.25) is 0 Å². The molecule has 0 radical (unpaired) electrons. The first-order valence-electron chi connectivity index (χ1n) is 7.38. The van der Waals surface area contributed by atoms with Gasteiger partial charge in [0.15, 0.2) is 11.5 Å². The van der Waals surface area contributed by atoms with Gasteiger partial charge in [-0.05, 0) is 30.7 Å². The summed E-state index contributed by atoms with van der Waals surface area (Å²) in [6, 6.07) is 6.10. The van der Waals surface area contributed by atoms with Crippen molar-refractivity contribution in [1.82, 2.24) is 5.43 Å². The zero-order valence-electron chi connectivity index (χ0n) is 12.7. The van der Waals surface area contributed by atoms with Crippen LogP contribution in [-0.4, -0.2) is 14.2 Å². The molecule has 1 aliphatic rings. The van der Waals surface area contributed by atoms with Gasteiger partial charge in [0.05, 0.1) is 20.3 Å². The maximum absolute atomic E-state index is 5.85. The minimum absolute atomic E-state index is 0.114. The van der Waals surface area contributed by atoms with Crippen molar-refractivity contribution < 1.29 is 9.47 Å². The Kier molecular flexibility index (Phi) is 5.26. The summed E-state index contributed by atoms with van der Waals surface area (Å²) in [6.07, 6.45) is 5.01. The fraction of sp³-hybridized carbons (Fsp3) is 0.625. The van der Waals surface area contributed by atoms with Crippen LogP contribution >= 0.6 is 0 Å². The van der Waals surface area contributed by atoms with Crippen LogP contribution in [0.15, 0.2) is 18.2 Å². The number of nitrogens with two attached hydrogens (primary N) is 1. The van der Waals surface area contributed by atoms with E-state index in [2.05, 4.69) is 18.4 Å². The van der Waals surface area contributed by atoms with Gasteiger partial charge in [-0.3, -0.25) is 11.3 Å². The molecule has 3 atom stereocenters. The van der Waals surface area contributed by atoms with Crippen LogP contribution in [0.3, 0.4) is 0 Å². The van der Waals surface area contributed by atoms with Gasteiger partial charge in [0, 0.05) is 5.56 Å². The minimum atomic E-state index is 0.114. The summed E-state index contributed by atoms with van der Waals surface area (Å²) in [4.78, 5) is 0. The van der Waals surface area contributed by atoms with Crippen LogP contribution in [-0.2, 0) is 0 Å². The molecule has 4 nitrogen and oxygen atoms in total. The largest absolute Gasteiger partial charge is 0.493 e. The third-order valence-corrected chi connectivity index (χ3v) is 4.40. The molecule has 0 saturated heterocycles. The molecule has 0 aliphatic heterocycles. The fourth-order valence-electron chi connectivity index (χ4n) is 3.42. The highest BCUT2D eigenvalue weighted by atomic mass is 16.5. The molecule has 3 unspecified atom stereocenters. The number of nitrogens with one attached hydrogen (secondary N) is 1. The second-order valence-electron chi connectivity index (χ2n) is 5.76. The summed E-state index contributed by atoms with van der Waals surface area (Å²) in [5, 5.41) is 0. The number of hydrogen-bond acceptors (Lipinski definition) is 4. The second kappa shape index (κ2) is 6.95. The highest BCUT2D eigenvalue weighted by molar-refractivity contribution is 5.48. The molecule has 3 N–H and O–H groups in total. The highest BCUT2D eigenvalue weighted by Gasteiger charge is 2.29. The number of methoxy groups -OCH3 is 2. The van der Waals surface area contributed by atoms with Crippen molar-refractivity contribution in [1.29, 1.82) is 0 Å². The van der Waals surface area contributed by atoms with Gasteiger partial charge in [0.25, 0.3) is 0 Å². The van der Waals surface area contributed by atoms with Crippen molar-refractivity contribution in [3.05, 3.63) is 23.8 Å². The predicted molar refractivity (Wildman–Crippen MR) is 80.7 cm³/mol. The molecule has 1 aromatic rings. The van der Waals surface area contributed by atoms with Crippen LogP contribution in [0.25, 0.3) is 0 Å². The van der Waals surface area contributed by atoms with E-state index < -0.39 is 0 Å². The fourth-order valence-corrected chi connectivity index (χ4v) is 3.42. The molecule has 20 heavy (non-hydrogen) atoms. The third kappa shape index (κ3) is 3.07. The summed E-state index contributed by atoms with van der Waals surface area (Å²) >= 11 is 0. The smallest absolute Gasteiger partial charge is 0.165 e. The molecule has 112 valence electrons. The number of hydrazine groups is 1. The van der Waals surface area contributed by atoms with Crippen LogP contribution in [0.4, 0.5) is 0 Å². The number of ether oxygens (including phenoxy) is 2. The van der Waals surface area contributed by atoms with Gasteiger partial charge in [-0.1, -0.05) is 31.9 Å². The van der Waals surface area contributed by atoms with Gasteiger partial charge in [0.2, 0.25) is 0 Å². The highest BCUT2D eigenvalue weighted by Crippen LogP contribution is 2.42. The number of para-hydroxylation sites is 1. The molecule has 0 bridgehead atoms. The molecule has 1 aromatic carbocycles. The Labute approximate surface area is 121 Å². The zero-order valence-corrected chi connectivity index (χ0v) is 12.7. The van der Waals surface area contributed by atoms with Crippen LogP contribution in [0, 0.1) is 11.8 Å². The lowest BCUT2D eigenvalue weighted by molar-refractivity contribution is 0.220. The molecule has 1 saturated carbocycles. The van der Waals surface area contributed by atoms with Gasteiger partial charge in [-0.15, -0.1) is 0 Å². The van der Waals surface area contributed by atoms with E-state index in [4.69, 9.17) is 15.3 Å². The van der Waals surface area contributed by atoms with E-state index in [1.165, 1.54) is 25.7 Å². The van der Waals surface area contributed by atoms with E-state index in [0.717, 1.165) is 23.0 Å². The summed E-state index contributed by atoms with van der Waals surface area (Å²) in [5.74, 6) is 8.71. The lowest BCUT2D eigenvalue weighted by Crippen LogP contribution is -2.35. The first-order valence-corrected chi connectivity index (χ1v) is 7.38. The Bertz CT molecular complexity index is 436. The topological polar surface area (TPSA) is 56.5 Å². The molecule has 1 fully saturated rings. The first-order chi connectivity index (χ1) is 9.71. The van der Waals surface area contributed by atoms with Crippen molar-refractivity contribution in [2.75, 3.05) is 14.2 Å². The summed E-state index contributed by atoms with van der Waals surface area (Å²) in [7, 11) is 3.34. The number of hydrogen-bond donors (Lipinski definition) is 2. The van der Waals surface area contributed by atoms with Crippen molar-refractivity contribution in [2.24, 2.45) is 17.7 Å². The third-order valence-electron chi connectivity index (χ3n) is 4.40. The maximum Gasteiger partial charge on any atom is 0.165 e. The Balaban J connectivity index is 2.31. The lowest BCUT2D eigenvalue weighted by Gasteiger charge is -2.34. The SMILES string of the molecule is COc1cccc(C(NN)C2CCCC(C)C2)c1OC. The molecular formula is C16H26N2O2.